The van der Waals surface area contributed by atoms with Gasteiger partial charge in [-0.25, -0.2) is 9.78 Å². The molecule has 3 amide bonds. The minimum absolute atomic E-state index is 0.0739. The number of thioether (sulfide) groups is 1. The summed E-state index contributed by atoms with van der Waals surface area (Å²) in [7, 11) is 1.93. The molecule has 182 valence electrons. The van der Waals surface area contributed by atoms with Crippen molar-refractivity contribution in [3.05, 3.63) is 30.5 Å². The molecule has 0 spiro atoms. The minimum atomic E-state index is -0.479. The van der Waals surface area contributed by atoms with Crippen molar-refractivity contribution in [3.8, 4) is 0 Å². The van der Waals surface area contributed by atoms with Gasteiger partial charge in [-0.3, -0.25) is 4.79 Å². The third-order valence-electron chi connectivity index (χ3n) is 5.36. The summed E-state index contributed by atoms with van der Waals surface area (Å²) in [6.45, 7) is 2.79. The standard InChI is InChI=1S/C22H33BN8O2S/c1-34-14-18(24)20(32)26-9-5-8-25-19-17(23)13-27-21(30-19)28-15-6-4-7-16(12-15)29-22(33)31-10-2-3-11-31/h4,6-7,12-13,18H,2-3,5,8-11,14,23-24H2,1H3,(H,26,32)(H,29,33)(H2,25,27,28,30)/t18-/m0/s1. The normalized spacial score (nSPS) is 13.9. The topological polar surface area (TPSA) is 137 Å². The number of urea groups is 1. The number of nitrogens with zero attached hydrogens (tertiary/aromatic N) is 3. The number of anilines is 4. The maximum Gasteiger partial charge on any atom is 0.321 e. The van der Waals surface area contributed by atoms with Gasteiger partial charge in [0.1, 0.15) is 13.7 Å². The molecule has 1 saturated heterocycles. The average Bonchev–Trinajstić information content (AvgIpc) is 3.36. The summed E-state index contributed by atoms with van der Waals surface area (Å²) in [5.41, 5.74) is 8.21. The number of hydrogen-bond acceptors (Lipinski definition) is 8. The molecule has 1 aliphatic heterocycles. The van der Waals surface area contributed by atoms with E-state index in [4.69, 9.17) is 5.73 Å². The first-order valence-corrected chi connectivity index (χ1v) is 12.9. The lowest BCUT2D eigenvalue weighted by Gasteiger charge is -2.16. The second-order valence-corrected chi connectivity index (χ2v) is 9.10. The highest BCUT2D eigenvalue weighted by Gasteiger charge is 2.17. The van der Waals surface area contributed by atoms with Crippen LogP contribution in [0.1, 0.15) is 19.3 Å². The van der Waals surface area contributed by atoms with E-state index < -0.39 is 6.04 Å². The number of carbonyl (C=O) groups is 2. The van der Waals surface area contributed by atoms with Crippen LogP contribution in [-0.4, -0.2) is 78.9 Å². The third kappa shape index (κ3) is 7.81. The Morgan fingerprint density at radius 2 is 2.00 bits per heavy atom. The van der Waals surface area contributed by atoms with Gasteiger partial charge in [0.25, 0.3) is 0 Å². The van der Waals surface area contributed by atoms with E-state index in [9.17, 15) is 9.59 Å². The van der Waals surface area contributed by atoms with Gasteiger partial charge in [-0.15, -0.1) is 0 Å². The molecule has 10 nitrogen and oxygen atoms in total. The van der Waals surface area contributed by atoms with Crippen molar-refractivity contribution in [3.63, 3.8) is 0 Å². The summed E-state index contributed by atoms with van der Waals surface area (Å²) in [5, 5.41) is 12.3. The van der Waals surface area contributed by atoms with Gasteiger partial charge >= 0.3 is 6.03 Å². The fourth-order valence-corrected chi connectivity index (χ4v) is 4.01. The van der Waals surface area contributed by atoms with Crippen LogP contribution in [0.2, 0.25) is 0 Å². The van der Waals surface area contributed by atoms with Crippen molar-refractivity contribution in [1.29, 1.82) is 0 Å². The predicted molar refractivity (Wildman–Crippen MR) is 142 cm³/mol. The highest BCUT2D eigenvalue weighted by Crippen LogP contribution is 2.19. The van der Waals surface area contributed by atoms with Gasteiger partial charge in [0.05, 0.1) is 6.04 Å². The van der Waals surface area contributed by atoms with Crippen LogP contribution in [0.5, 0.6) is 0 Å². The first-order valence-electron chi connectivity index (χ1n) is 11.5. The Hall–Kier alpha value is -2.99. The Bertz CT molecular complexity index is 974. The molecule has 2 heterocycles. The van der Waals surface area contributed by atoms with Crippen LogP contribution in [0.4, 0.5) is 27.9 Å². The summed E-state index contributed by atoms with van der Waals surface area (Å²) in [4.78, 5) is 35.0. The monoisotopic (exact) mass is 484 g/mol. The maximum absolute atomic E-state index is 12.3. The first kappa shape index (κ1) is 25.6. The molecule has 1 aliphatic rings. The van der Waals surface area contributed by atoms with Gasteiger partial charge in [-0.05, 0) is 49.2 Å². The highest BCUT2D eigenvalue weighted by atomic mass is 32.2. The van der Waals surface area contributed by atoms with E-state index in [2.05, 4.69) is 31.2 Å². The molecule has 0 unspecified atom stereocenters. The molecule has 1 atom stereocenters. The van der Waals surface area contributed by atoms with E-state index in [1.54, 1.807) is 18.0 Å². The highest BCUT2D eigenvalue weighted by molar-refractivity contribution is 7.98. The predicted octanol–water partition coefficient (Wildman–Crippen LogP) is 0.715. The van der Waals surface area contributed by atoms with Crippen LogP contribution in [-0.2, 0) is 4.79 Å². The first-order chi connectivity index (χ1) is 16.5. The number of nitrogens with one attached hydrogen (secondary N) is 4. The molecule has 0 bridgehead atoms. The van der Waals surface area contributed by atoms with Crippen LogP contribution in [0.25, 0.3) is 0 Å². The Morgan fingerprint density at radius 3 is 2.76 bits per heavy atom. The van der Waals surface area contributed by atoms with Gasteiger partial charge in [-0.2, -0.15) is 16.7 Å². The lowest BCUT2D eigenvalue weighted by molar-refractivity contribution is -0.121. The molecule has 0 radical (unpaired) electrons. The summed E-state index contributed by atoms with van der Waals surface area (Å²) in [5.74, 6) is 1.65. The number of benzene rings is 1. The van der Waals surface area contributed by atoms with E-state index in [0.717, 1.165) is 49.3 Å². The van der Waals surface area contributed by atoms with Gasteiger partial charge in [0.15, 0.2) is 0 Å². The molecule has 1 aromatic carbocycles. The van der Waals surface area contributed by atoms with Crippen molar-refractivity contribution in [2.75, 3.05) is 54.1 Å². The molecule has 2 aromatic rings. The van der Waals surface area contributed by atoms with E-state index in [0.29, 0.717) is 30.5 Å². The Kier molecular flexibility index (Phi) is 9.83. The maximum atomic E-state index is 12.3. The van der Waals surface area contributed by atoms with Crippen molar-refractivity contribution < 1.29 is 9.59 Å². The average molecular weight is 484 g/mol. The van der Waals surface area contributed by atoms with E-state index >= 15 is 0 Å². The zero-order valence-electron chi connectivity index (χ0n) is 19.8. The molecule has 6 N–H and O–H groups in total. The summed E-state index contributed by atoms with van der Waals surface area (Å²) >= 11 is 1.55. The van der Waals surface area contributed by atoms with Crippen molar-refractivity contribution in [2.45, 2.75) is 25.3 Å². The smallest absolute Gasteiger partial charge is 0.321 e. The second kappa shape index (κ2) is 13.0. The molecular weight excluding hydrogens is 451 g/mol. The van der Waals surface area contributed by atoms with Gasteiger partial charge < -0.3 is 31.9 Å². The van der Waals surface area contributed by atoms with Crippen LogP contribution < -0.4 is 32.5 Å². The molecule has 0 saturated carbocycles. The quantitative estimate of drug-likeness (QED) is 0.232. The number of hydrogen-bond donors (Lipinski definition) is 5. The number of carbonyl (C=O) groups excluding carboxylic acids is 2. The summed E-state index contributed by atoms with van der Waals surface area (Å²) in [6.07, 6.45) is 6.52. The number of amides is 3. The molecule has 3 rings (SSSR count). The Labute approximate surface area is 205 Å². The minimum Gasteiger partial charge on any atom is -0.370 e. The fraction of sp³-hybridized carbons (Fsp3) is 0.455. The van der Waals surface area contributed by atoms with Crippen LogP contribution in [0, 0.1) is 0 Å². The van der Waals surface area contributed by atoms with Crippen LogP contribution in [0.3, 0.4) is 0 Å². The zero-order valence-corrected chi connectivity index (χ0v) is 20.6. The third-order valence-corrected chi connectivity index (χ3v) is 6.06. The van der Waals surface area contributed by atoms with Crippen LogP contribution >= 0.6 is 11.8 Å². The number of rotatable bonds is 11. The van der Waals surface area contributed by atoms with Gasteiger partial charge in [0.2, 0.25) is 11.9 Å². The molecule has 34 heavy (non-hydrogen) atoms. The number of likely N-dealkylation sites (tertiary alicyclic amines) is 1. The number of aromatic nitrogens is 2. The van der Waals surface area contributed by atoms with E-state index in [1.165, 1.54) is 0 Å². The van der Waals surface area contributed by atoms with Crippen LogP contribution in [0.15, 0.2) is 30.5 Å². The molecule has 0 aliphatic carbocycles. The SMILES string of the molecule is Bc1cnc(Nc2cccc(NC(=O)N3CCCC3)c2)nc1NCCCNC(=O)[C@@H](N)CSC. The van der Waals surface area contributed by atoms with Gasteiger partial charge in [0, 0.05) is 49.5 Å². The molecule has 1 fully saturated rings. The Balaban J connectivity index is 1.49. The summed E-state index contributed by atoms with van der Waals surface area (Å²) in [6, 6.07) is 6.92. The largest absolute Gasteiger partial charge is 0.370 e. The lowest BCUT2D eigenvalue weighted by Crippen LogP contribution is -2.42. The zero-order chi connectivity index (χ0) is 24.3. The molecule has 1 aromatic heterocycles. The molecular formula is C22H33BN8O2S. The lowest BCUT2D eigenvalue weighted by atomic mass is 9.99. The van der Waals surface area contributed by atoms with Crippen molar-refractivity contribution in [2.24, 2.45) is 5.73 Å². The van der Waals surface area contributed by atoms with E-state index in [-0.39, 0.29) is 11.9 Å². The van der Waals surface area contributed by atoms with Gasteiger partial charge in [-0.1, -0.05) is 6.07 Å². The second-order valence-electron chi connectivity index (χ2n) is 8.19. The Morgan fingerprint density at radius 1 is 1.24 bits per heavy atom. The fourth-order valence-electron chi connectivity index (χ4n) is 3.50. The van der Waals surface area contributed by atoms with Crippen molar-refractivity contribution >= 4 is 60.2 Å². The summed E-state index contributed by atoms with van der Waals surface area (Å²) < 4.78 is 0. The van der Waals surface area contributed by atoms with E-state index in [1.807, 2.05) is 43.3 Å². The molecule has 12 heteroatoms. The number of nitrogens with two attached hydrogens (primary N) is 1. The van der Waals surface area contributed by atoms with Crippen molar-refractivity contribution in [1.82, 2.24) is 20.2 Å².